The van der Waals surface area contributed by atoms with Crippen LogP contribution in [0.3, 0.4) is 0 Å². The van der Waals surface area contributed by atoms with Crippen molar-refractivity contribution in [2.45, 2.75) is 44.9 Å². The molecule has 0 aromatic heterocycles. The number of likely N-dealkylation sites (tertiary alicyclic amines) is 2. The minimum atomic E-state index is -4.84. The molecule has 48 heavy (non-hydrogen) atoms. The lowest BCUT2D eigenvalue weighted by Crippen LogP contribution is -2.62. The first kappa shape index (κ1) is 35.3. The number of benzene rings is 4. The molecule has 4 aromatic carbocycles. The van der Waals surface area contributed by atoms with Crippen LogP contribution in [0.5, 0.6) is 0 Å². The molecule has 4 aromatic rings. The lowest BCUT2D eigenvalue weighted by molar-refractivity contribution is -0.174. The number of nitrogens with two attached hydrogens (primary N) is 1. The molecule has 8 heteroatoms. The smallest absolute Gasteiger partial charge is 0.348 e. The Morgan fingerprint density at radius 2 is 0.958 bits per heavy atom. The van der Waals surface area contributed by atoms with E-state index in [0.29, 0.717) is 31.0 Å². The highest BCUT2D eigenvalue weighted by atomic mass is 19.4. The topological polar surface area (TPSA) is 61.6 Å². The Balaban J connectivity index is 0.000000194. The molecular weight excluding hydrogens is 609 g/mol. The van der Waals surface area contributed by atoms with Crippen molar-refractivity contribution in [1.82, 2.24) is 15.1 Å². The zero-order valence-corrected chi connectivity index (χ0v) is 27.9. The summed E-state index contributed by atoms with van der Waals surface area (Å²) in [5.41, 5.74) is 11.0. The third-order valence-corrected chi connectivity index (χ3v) is 10.2. The van der Waals surface area contributed by atoms with Gasteiger partial charge in [-0.25, -0.2) is 0 Å². The van der Waals surface area contributed by atoms with Crippen molar-refractivity contribution in [2.24, 2.45) is 16.6 Å². The zero-order chi connectivity index (χ0) is 34.2. The van der Waals surface area contributed by atoms with Gasteiger partial charge in [0.15, 0.2) is 0 Å². The number of nitrogens with one attached hydrogen (secondary N) is 1. The second-order valence-electron chi connectivity index (χ2n) is 13.3. The van der Waals surface area contributed by atoms with E-state index in [1.807, 2.05) is 43.3 Å². The first-order valence-electron chi connectivity index (χ1n) is 16.9. The van der Waals surface area contributed by atoms with E-state index in [-0.39, 0.29) is 18.0 Å². The van der Waals surface area contributed by atoms with Gasteiger partial charge in [-0.05, 0) is 35.1 Å². The molecule has 1 amide bonds. The minimum Gasteiger partial charge on any atom is -0.348 e. The summed E-state index contributed by atoms with van der Waals surface area (Å²) >= 11 is 0. The van der Waals surface area contributed by atoms with Gasteiger partial charge in [0.2, 0.25) is 0 Å². The molecule has 2 saturated heterocycles. The van der Waals surface area contributed by atoms with Crippen molar-refractivity contribution in [3.8, 4) is 0 Å². The maximum atomic E-state index is 12.5. The van der Waals surface area contributed by atoms with Crippen LogP contribution in [0.4, 0.5) is 13.2 Å². The highest BCUT2D eigenvalue weighted by molar-refractivity contribution is 5.81. The van der Waals surface area contributed by atoms with Gasteiger partial charge in [0.1, 0.15) is 0 Å². The van der Waals surface area contributed by atoms with E-state index in [9.17, 15) is 18.0 Å². The predicted octanol–water partition coefficient (Wildman–Crippen LogP) is 7.61. The Morgan fingerprint density at radius 3 is 1.23 bits per heavy atom. The zero-order valence-electron chi connectivity index (χ0n) is 27.9. The largest absolute Gasteiger partial charge is 0.471 e. The van der Waals surface area contributed by atoms with Gasteiger partial charge in [-0.3, -0.25) is 14.6 Å². The Kier molecular flexibility index (Phi) is 11.4. The molecule has 0 radical (unpaired) electrons. The van der Waals surface area contributed by atoms with E-state index in [1.165, 1.54) is 11.1 Å². The third kappa shape index (κ3) is 8.17. The number of halogens is 3. The number of carbonyl (C=O) groups excluding carboxylic acids is 1. The first-order chi connectivity index (χ1) is 23.1. The lowest BCUT2D eigenvalue weighted by atomic mass is 9.75. The first-order valence-corrected chi connectivity index (χ1v) is 16.9. The molecule has 5 nitrogen and oxygen atoms in total. The standard InChI is InChI=1S/C21H23F3N2O.C19H24N2/c1-2-20(13-25-19(27)21(22,23)24)14-26(15-20)18(16-9-5-3-6-10-16)17-11-7-4-8-12-17;1-2-19(13-20)14-21(15-19)18(16-9-5-3-6-10-16)17-11-7-4-8-12-17/h3-12,18H,2,13-15H2,1H3,(H,25,27);3-12,18H,2,13-15,20H2,1H3. The van der Waals surface area contributed by atoms with Crippen molar-refractivity contribution >= 4 is 5.91 Å². The summed E-state index contributed by atoms with van der Waals surface area (Å²) in [6.07, 6.45) is -2.97. The number of hydrogen-bond donors (Lipinski definition) is 2. The van der Waals surface area contributed by atoms with Gasteiger partial charge >= 0.3 is 12.1 Å². The predicted molar refractivity (Wildman–Crippen MR) is 186 cm³/mol. The highest BCUT2D eigenvalue weighted by Gasteiger charge is 2.47. The van der Waals surface area contributed by atoms with Crippen LogP contribution in [0.15, 0.2) is 121 Å². The van der Waals surface area contributed by atoms with Crippen LogP contribution in [0.2, 0.25) is 0 Å². The van der Waals surface area contributed by atoms with E-state index in [4.69, 9.17) is 5.73 Å². The summed E-state index contributed by atoms with van der Waals surface area (Å²) in [6, 6.07) is 42.1. The lowest BCUT2D eigenvalue weighted by Gasteiger charge is -2.53. The van der Waals surface area contributed by atoms with Gasteiger partial charge in [-0.1, -0.05) is 135 Å². The van der Waals surface area contributed by atoms with Gasteiger partial charge < -0.3 is 11.1 Å². The van der Waals surface area contributed by atoms with Gasteiger partial charge in [-0.15, -0.1) is 0 Å². The van der Waals surface area contributed by atoms with Crippen molar-refractivity contribution in [3.63, 3.8) is 0 Å². The summed E-state index contributed by atoms with van der Waals surface area (Å²) < 4.78 is 37.4. The molecule has 0 atom stereocenters. The van der Waals surface area contributed by atoms with Crippen LogP contribution in [-0.2, 0) is 4.79 Å². The Bertz CT molecular complexity index is 1470. The fraction of sp³-hybridized carbons (Fsp3) is 0.375. The van der Waals surface area contributed by atoms with Gasteiger partial charge in [-0.2, -0.15) is 13.2 Å². The van der Waals surface area contributed by atoms with Crippen LogP contribution in [0.25, 0.3) is 0 Å². The molecular formula is C40H47F3N4O. The van der Waals surface area contributed by atoms with Crippen LogP contribution in [0.1, 0.15) is 61.0 Å². The van der Waals surface area contributed by atoms with Gasteiger partial charge in [0.05, 0.1) is 12.1 Å². The molecule has 3 N–H and O–H groups in total. The van der Waals surface area contributed by atoms with E-state index in [0.717, 1.165) is 37.2 Å². The number of alkyl halides is 3. The van der Waals surface area contributed by atoms with Crippen molar-refractivity contribution < 1.29 is 18.0 Å². The normalized spacial score (nSPS) is 17.2. The van der Waals surface area contributed by atoms with Gasteiger partial charge in [0.25, 0.3) is 0 Å². The Labute approximate surface area is 283 Å². The maximum Gasteiger partial charge on any atom is 0.471 e. The number of hydrogen-bond acceptors (Lipinski definition) is 4. The van der Waals surface area contributed by atoms with E-state index in [1.54, 1.807) is 0 Å². The summed E-state index contributed by atoms with van der Waals surface area (Å²) in [5.74, 6) is -1.86. The molecule has 6 rings (SSSR count). The van der Waals surface area contributed by atoms with Crippen LogP contribution in [-0.4, -0.2) is 61.2 Å². The fourth-order valence-corrected chi connectivity index (χ4v) is 7.09. The van der Waals surface area contributed by atoms with Crippen molar-refractivity contribution in [2.75, 3.05) is 39.3 Å². The molecule has 0 unspecified atom stereocenters. The molecule has 2 aliphatic heterocycles. The third-order valence-electron chi connectivity index (χ3n) is 10.2. The molecule has 2 aliphatic rings. The summed E-state index contributed by atoms with van der Waals surface area (Å²) in [7, 11) is 0. The van der Waals surface area contributed by atoms with Crippen LogP contribution < -0.4 is 11.1 Å². The average molecular weight is 657 g/mol. The number of amides is 1. The summed E-state index contributed by atoms with van der Waals surface area (Å²) in [5, 5.41) is 2.06. The van der Waals surface area contributed by atoms with Crippen molar-refractivity contribution in [3.05, 3.63) is 144 Å². The molecule has 254 valence electrons. The Morgan fingerprint density at radius 1 is 0.646 bits per heavy atom. The minimum absolute atomic E-state index is 0.0364. The molecule has 0 saturated carbocycles. The number of carbonyl (C=O) groups is 1. The van der Waals surface area contributed by atoms with E-state index in [2.05, 4.69) is 107 Å². The van der Waals surface area contributed by atoms with Crippen LogP contribution >= 0.6 is 0 Å². The fourth-order valence-electron chi connectivity index (χ4n) is 7.09. The highest BCUT2D eigenvalue weighted by Crippen LogP contribution is 2.43. The monoisotopic (exact) mass is 656 g/mol. The summed E-state index contributed by atoms with van der Waals surface area (Å²) in [6.45, 7) is 8.49. The SMILES string of the molecule is CCC1(CN)CN(C(c2ccccc2)c2ccccc2)C1.CCC1(CNC(=O)C(F)(F)F)CN(C(c2ccccc2)c2ccccc2)C1. The second-order valence-corrected chi connectivity index (χ2v) is 13.3. The van der Waals surface area contributed by atoms with E-state index >= 15 is 0 Å². The molecule has 2 heterocycles. The van der Waals surface area contributed by atoms with E-state index < -0.39 is 12.1 Å². The second kappa shape index (κ2) is 15.5. The molecule has 2 fully saturated rings. The quantitative estimate of drug-likeness (QED) is 0.175. The summed E-state index contributed by atoms with van der Waals surface area (Å²) in [4.78, 5) is 16.0. The molecule has 0 aliphatic carbocycles. The van der Waals surface area contributed by atoms with Gasteiger partial charge in [0, 0.05) is 50.1 Å². The maximum absolute atomic E-state index is 12.5. The Hall–Kier alpha value is -3.98. The number of rotatable bonds is 11. The van der Waals surface area contributed by atoms with Crippen molar-refractivity contribution in [1.29, 1.82) is 0 Å². The average Bonchev–Trinajstić information content (AvgIpc) is 3.08. The molecule has 0 bridgehead atoms. The van der Waals surface area contributed by atoms with Crippen LogP contribution in [0, 0.1) is 10.8 Å². The molecule has 0 spiro atoms. The number of nitrogens with zero attached hydrogens (tertiary/aromatic N) is 2.